The Kier molecular flexibility index (Phi) is 5.69. The van der Waals surface area contributed by atoms with Gasteiger partial charge in [-0.25, -0.2) is 4.79 Å². The lowest BCUT2D eigenvalue weighted by molar-refractivity contribution is -0.224. The second kappa shape index (κ2) is 7.77. The standard InChI is InChI=1S/C19H32N2O3/c1-19(2)23-13-16(18(22)24-19)17(20-14-9-5-3-6-10-14)21-15-11-7-4-8-12-15/h14-15,20-21H,3-13H2,1-2H3. The number of nitrogens with one attached hydrogen (secondary N) is 2. The SMILES string of the molecule is CC1(C)OCC(=C(NC2CCCCC2)NC2CCCCC2)C(=O)O1. The average Bonchev–Trinajstić information content (AvgIpc) is 2.55. The molecule has 0 aromatic carbocycles. The van der Waals surface area contributed by atoms with Crippen LogP contribution in [0.3, 0.4) is 0 Å². The fourth-order valence-corrected chi connectivity index (χ4v) is 3.91. The summed E-state index contributed by atoms with van der Waals surface area (Å²) < 4.78 is 11.2. The molecule has 0 aromatic rings. The second-order valence-corrected chi connectivity index (χ2v) is 7.89. The molecule has 0 amide bonds. The van der Waals surface area contributed by atoms with Gasteiger partial charge in [0.05, 0.1) is 6.61 Å². The third-order valence-electron chi connectivity index (χ3n) is 5.36. The molecule has 2 aliphatic carbocycles. The van der Waals surface area contributed by atoms with E-state index in [1.54, 1.807) is 13.8 Å². The fraction of sp³-hybridized carbons (Fsp3) is 0.842. The summed E-state index contributed by atoms with van der Waals surface area (Å²) in [6, 6.07) is 0.889. The molecule has 136 valence electrons. The van der Waals surface area contributed by atoms with Gasteiger partial charge in [0.15, 0.2) is 0 Å². The predicted octanol–water partition coefficient (Wildman–Crippen LogP) is 3.35. The van der Waals surface area contributed by atoms with Crippen LogP contribution in [0.4, 0.5) is 0 Å². The van der Waals surface area contributed by atoms with Gasteiger partial charge in [0.1, 0.15) is 11.4 Å². The van der Waals surface area contributed by atoms with Crippen molar-refractivity contribution in [2.45, 2.75) is 95.9 Å². The van der Waals surface area contributed by atoms with E-state index < -0.39 is 5.79 Å². The number of cyclic esters (lactones) is 1. The highest BCUT2D eigenvalue weighted by Crippen LogP contribution is 2.25. The summed E-state index contributed by atoms with van der Waals surface area (Å²) in [6.07, 6.45) is 12.4. The van der Waals surface area contributed by atoms with Crippen LogP contribution in [0.1, 0.15) is 78.1 Å². The summed E-state index contributed by atoms with van der Waals surface area (Å²) in [6.45, 7) is 3.87. The molecule has 3 fully saturated rings. The zero-order valence-electron chi connectivity index (χ0n) is 15.2. The topological polar surface area (TPSA) is 59.6 Å². The van der Waals surface area contributed by atoms with Crippen LogP contribution in [0.2, 0.25) is 0 Å². The predicted molar refractivity (Wildman–Crippen MR) is 93.2 cm³/mol. The summed E-state index contributed by atoms with van der Waals surface area (Å²) in [5, 5.41) is 7.24. The van der Waals surface area contributed by atoms with E-state index >= 15 is 0 Å². The highest BCUT2D eigenvalue weighted by Gasteiger charge is 2.35. The summed E-state index contributed by atoms with van der Waals surface area (Å²) in [5.41, 5.74) is 0.616. The number of carbonyl (C=O) groups excluding carboxylic acids is 1. The summed E-state index contributed by atoms with van der Waals surface area (Å²) >= 11 is 0. The normalized spacial score (nSPS) is 25.9. The van der Waals surface area contributed by atoms with Gasteiger partial charge in [-0.2, -0.15) is 0 Å². The molecule has 24 heavy (non-hydrogen) atoms. The Hall–Kier alpha value is -1.23. The maximum Gasteiger partial charge on any atom is 0.342 e. The molecule has 2 N–H and O–H groups in total. The monoisotopic (exact) mass is 336 g/mol. The van der Waals surface area contributed by atoms with E-state index in [9.17, 15) is 4.79 Å². The molecule has 2 saturated carbocycles. The van der Waals surface area contributed by atoms with Crippen molar-refractivity contribution in [3.8, 4) is 0 Å². The summed E-state index contributed by atoms with van der Waals surface area (Å²) in [7, 11) is 0. The van der Waals surface area contributed by atoms with Crippen LogP contribution >= 0.6 is 0 Å². The summed E-state index contributed by atoms with van der Waals surface area (Å²) in [5.74, 6) is -0.233. The number of hydrogen-bond donors (Lipinski definition) is 2. The van der Waals surface area contributed by atoms with Crippen molar-refractivity contribution in [1.29, 1.82) is 0 Å². The van der Waals surface area contributed by atoms with Crippen LogP contribution < -0.4 is 10.6 Å². The van der Waals surface area contributed by atoms with Crippen LogP contribution in [0.15, 0.2) is 11.4 Å². The molecule has 1 aliphatic heterocycles. The van der Waals surface area contributed by atoms with E-state index in [1.807, 2.05) is 0 Å². The van der Waals surface area contributed by atoms with Gasteiger partial charge in [0.2, 0.25) is 5.79 Å². The van der Waals surface area contributed by atoms with Gasteiger partial charge in [0.25, 0.3) is 0 Å². The van der Waals surface area contributed by atoms with E-state index in [2.05, 4.69) is 10.6 Å². The molecule has 3 aliphatic rings. The maximum atomic E-state index is 12.5. The zero-order chi connectivity index (χ0) is 17.0. The Morgan fingerprint density at radius 3 is 1.88 bits per heavy atom. The molecule has 0 unspecified atom stereocenters. The number of hydrogen-bond acceptors (Lipinski definition) is 5. The van der Waals surface area contributed by atoms with Crippen molar-refractivity contribution < 1.29 is 14.3 Å². The lowest BCUT2D eigenvalue weighted by Crippen LogP contribution is -2.46. The molecule has 1 saturated heterocycles. The third-order valence-corrected chi connectivity index (χ3v) is 5.36. The van der Waals surface area contributed by atoms with Crippen LogP contribution in [0.5, 0.6) is 0 Å². The van der Waals surface area contributed by atoms with E-state index in [4.69, 9.17) is 9.47 Å². The molecule has 5 nitrogen and oxygen atoms in total. The quantitative estimate of drug-likeness (QED) is 0.609. The largest absolute Gasteiger partial charge is 0.430 e. The molecular weight excluding hydrogens is 304 g/mol. The van der Waals surface area contributed by atoms with Gasteiger partial charge in [-0.15, -0.1) is 0 Å². The molecule has 5 heteroatoms. The first-order valence-corrected chi connectivity index (χ1v) is 9.67. The van der Waals surface area contributed by atoms with Crippen LogP contribution in [0, 0.1) is 0 Å². The van der Waals surface area contributed by atoms with Gasteiger partial charge in [0, 0.05) is 25.9 Å². The van der Waals surface area contributed by atoms with Crippen molar-refractivity contribution >= 4 is 5.97 Å². The van der Waals surface area contributed by atoms with Gasteiger partial charge < -0.3 is 20.1 Å². The van der Waals surface area contributed by atoms with Crippen LogP contribution in [-0.4, -0.2) is 30.4 Å². The van der Waals surface area contributed by atoms with Crippen molar-refractivity contribution in [3.05, 3.63) is 11.4 Å². The minimum absolute atomic E-state index is 0.257. The molecule has 0 radical (unpaired) electrons. The Balaban J connectivity index is 1.74. The Morgan fingerprint density at radius 2 is 1.42 bits per heavy atom. The van der Waals surface area contributed by atoms with Gasteiger partial charge in [-0.05, 0) is 25.7 Å². The maximum absolute atomic E-state index is 12.5. The fourth-order valence-electron chi connectivity index (χ4n) is 3.91. The van der Waals surface area contributed by atoms with Crippen LogP contribution in [0.25, 0.3) is 0 Å². The van der Waals surface area contributed by atoms with Crippen molar-refractivity contribution in [3.63, 3.8) is 0 Å². The lowest BCUT2D eigenvalue weighted by Gasteiger charge is -2.35. The average molecular weight is 336 g/mol. The number of rotatable bonds is 4. The summed E-state index contributed by atoms with van der Waals surface area (Å²) in [4.78, 5) is 12.5. The van der Waals surface area contributed by atoms with Crippen molar-refractivity contribution in [1.82, 2.24) is 10.6 Å². The lowest BCUT2D eigenvalue weighted by atomic mass is 9.94. The molecular formula is C19H32N2O3. The van der Waals surface area contributed by atoms with Gasteiger partial charge in [-0.3, -0.25) is 0 Å². The smallest absolute Gasteiger partial charge is 0.342 e. The minimum atomic E-state index is -0.832. The molecule has 1 heterocycles. The van der Waals surface area contributed by atoms with E-state index in [1.165, 1.54) is 64.2 Å². The number of esters is 1. The van der Waals surface area contributed by atoms with E-state index in [0.29, 0.717) is 24.3 Å². The number of carbonyl (C=O) groups is 1. The van der Waals surface area contributed by atoms with E-state index in [-0.39, 0.29) is 5.97 Å². The zero-order valence-corrected chi connectivity index (χ0v) is 15.2. The molecule has 0 atom stereocenters. The highest BCUT2D eigenvalue weighted by atomic mass is 16.7. The second-order valence-electron chi connectivity index (χ2n) is 7.89. The first kappa shape index (κ1) is 17.6. The van der Waals surface area contributed by atoms with Crippen LogP contribution in [-0.2, 0) is 14.3 Å². The molecule has 0 bridgehead atoms. The van der Waals surface area contributed by atoms with Gasteiger partial charge in [-0.1, -0.05) is 38.5 Å². The first-order chi connectivity index (χ1) is 11.5. The Bertz CT molecular complexity index is 453. The Labute approximate surface area is 145 Å². The van der Waals surface area contributed by atoms with Gasteiger partial charge >= 0.3 is 5.97 Å². The Morgan fingerprint density at radius 1 is 0.917 bits per heavy atom. The first-order valence-electron chi connectivity index (χ1n) is 9.67. The molecule has 0 aromatic heterocycles. The van der Waals surface area contributed by atoms with Crippen molar-refractivity contribution in [2.75, 3.05) is 6.61 Å². The number of ether oxygens (including phenoxy) is 2. The van der Waals surface area contributed by atoms with E-state index in [0.717, 1.165) is 5.82 Å². The molecule has 3 rings (SSSR count). The van der Waals surface area contributed by atoms with Crippen molar-refractivity contribution in [2.24, 2.45) is 0 Å². The third kappa shape index (κ3) is 4.65. The molecule has 0 spiro atoms. The highest BCUT2D eigenvalue weighted by molar-refractivity contribution is 5.90. The minimum Gasteiger partial charge on any atom is -0.430 e.